The van der Waals surface area contributed by atoms with Gasteiger partial charge >= 0.3 is 0 Å². The lowest BCUT2D eigenvalue weighted by Gasteiger charge is -2.63. The van der Waals surface area contributed by atoms with Crippen molar-refractivity contribution in [1.82, 2.24) is 4.90 Å². The van der Waals surface area contributed by atoms with Gasteiger partial charge in [0.25, 0.3) is 0 Å². The van der Waals surface area contributed by atoms with Crippen LogP contribution >= 0.6 is 0 Å². The monoisotopic (exact) mass is 443 g/mol. The minimum absolute atomic E-state index is 0.00330. The fraction of sp³-hybridized carbons (Fsp3) is 0.778. The molecule has 5 aliphatic rings. The maximum Gasteiger partial charge on any atom is 0.166 e. The molecule has 1 saturated carbocycles. The highest BCUT2D eigenvalue weighted by molar-refractivity contribution is 5.69. The van der Waals surface area contributed by atoms with E-state index in [-0.39, 0.29) is 6.04 Å². The van der Waals surface area contributed by atoms with E-state index in [1.807, 2.05) is 27.7 Å². The molecule has 7 atom stereocenters. The topological polar surface area (TPSA) is 51.2 Å². The summed E-state index contributed by atoms with van der Waals surface area (Å²) in [5.74, 6) is 0.0291. The van der Waals surface area contributed by atoms with Crippen LogP contribution in [0.4, 0.5) is 0 Å². The van der Waals surface area contributed by atoms with Gasteiger partial charge in [0.15, 0.2) is 11.5 Å². The maximum absolute atomic E-state index is 12.0. The Bertz CT molecular complexity index is 1080. The molecule has 5 heteroatoms. The first-order valence-corrected chi connectivity index (χ1v) is 12.2. The number of rotatable bonds is 3. The normalized spacial score (nSPS) is 44.3. The summed E-state index contributed by atoms with van der Waals surface area (Å²) in [5.41, 5.74) is 2.66. The van der Waals surface area contributed by atoms with Crippen molar-refractivity contribution in [2.45, 2.75) is 89.0 Å². The average molecular weight is 444 g/mol. The molecule has 0 amide bonds. The minimum Gasteiger partial charge on any atom is -0.493 e. The predicted octanol–water partition coefficient (Wildman–Crippen LogP) is 3.50. The van der Waals surface area contributed by atoms with E-state index >= 15 is 0 Å². The van der Waals surface area contributed by atoms with E-state index in [4.69, 9.17) is 14.2 Å². The van der Waals surface area contributed by atoms with Crippen molar-refractivity contribution in [2.24, 2.45) is 17.2 Å². The lowest BCUT2D eigenvalue weighted by molar-refractivity contribution is -0.205. The van der Waals surface area contributed by atoms with Crippen molar-refractivity contribution in [3.8, 4) is 11.5 Å². The van der Waals surface area contributed by atoms with Crippen LogP contribution in [0.2, 0.25) is 0 Å². The summed E-state index contributed by atoms with van der Waals surface area (Å²) in [4.78, 5) is 2.35. The predicted molar refractivity (Wildman–Crippen MR) is 124 cm³/mol. The molecule has 0 radical (unpaired) electrons. The third-order valence-corrected chi connectivity index (χ3v) is 9.92. The Morgan fingerprint density at radius 2 is 1.88 bits per heavy atom. The number of hydrogen-bond donors (Lipinski definition) is 1. The number of likely N-dealkylation sites (tertiary alicyclic amines) is 1. The van der Waals surface area contributed by atoms with Gasteiger partial charge in [0.05, 0.1) is 14.1 Å². The number of ether oxygens (including phenoxy) is 3. The number of aliphatic hydroxyl groups is 1. The standard InChI is InChI=1S/C27H39NO4/c1-25(2,3)26(4,29)18-13-17-19-12-16-14-8-9-15(14)21(30-6)23-20(16)27(17,10-11-28(19)5)24(32-23)22(18)31-7/h17-19,22,24,29H,8-13H2,1-7H3/t17-,18-,19-,22-,24+,26+,27+/m1/s1/i17D,22D. The summed E-state index contributed by atoms with van der Waals surface area (Å²) in [6.07, 6.45) is 1.77. The van der Waals surface area contributed by atoms with Gasteiger partial charge in [-0.05, 0) is 75.1 Å². The van der Waals surface area contributed by atoms with Crippen molar-refractivity contribution in [1.29, 1.82) is 0 Å². The second kappa shape index (κ2) is 6.43. The summed E-state index contributed by atoms with van der Waals surface area (Å²) >= 11 is 0. The van der Waals surface area contributed by atoms with Crippen LogP contribution in [0.1, 0.15) is 65.5 Å². The molecule has 32 heavy (non-hydrogen) atoms. The summed E-state index contributed by atoms with van der Waals surface area (Å²) in [5, 5.41) is 12.0. The molecule has 1 saturated heterocycles. The molecule has 1 spiro atoms. The van der Waals surface area contributed by atoms with E-state index in [2.05, 4.69) is 11.9 Å². The third kappa shape index (κ3) is 2.26. The molecule has 2 aliphatic heterocycles. The van der Waals surface area contributed by atoms with Crippen LogP contribution in [-0.4, -0.2) is 61.6 Å². The van der Waals surface area contributed by atoms with Gasteiger partial charge in [-0.1, -0.05) is 20.8 Å². The molecular weight excluding hydrogens is 402 g/mol. The van der Waals surface area contributed by atoms with Gasteiger partial charge in [0, 0.05) is 37.0 Å². The third-order valence-electron chi connectivity index (χ3n) is 9.92. The summed E-state index contributed by atoms with van der Waals surface area (Å²) in [7, 11) is 5.41. The highest BCUT2D eigenvalue weighted by atomic mass is 16.6. The first-order valence-electron chi connectivity index (χ1n) is 13.2. The Labute approximate surface area is 195 Å². The lowest BCUT2D eigenvalue weighted by atomic mass is 9.46. The first kappa shape index (κ1) is 19.1. The average Bonchev–Trinajstić information content (AvgIpc) is 3.09. The van der Waals surface area contributed by atoms with Crippen molar-refractivity contribution in [2.75, 3.05) is 27.8 Å². The zero-order valence-electron chi connectivity index (χ0n) is 22.6. The van der Waals surface area contributed by atoms with Crippen molar-refractivity contribution < 1.29 is 22.1 Å². The molecule has 1 aromatic carbocycles. The summed E-state index contributed by atoms with van der Waals surface area (Å²) in [6.45, 7) is 8.69. The zero-order chi connectivity index (χ0) is 24.6. The van der Waals surface area contributed by atoms with E-state index in [1.54, 1.807) is 14.2 Å². The molecule has 176 valence electrons. The number of benzene rings is 1. The molecule has 0 aromatic heterocycles. The van der Waals surface area contributed by atoms with Crippen LogP contribution < -0.4 is 9.47 Å². The second-order valence-electron chi connectivity index (χ2n) is 11.9. The molecule has 6 rings (SSSR count). The number of piperidine rings is 1. The number of hydrogen-bond acceptors (Lipinski definition) is 5. The Morgan fingerprint density at radius 3 is 2.47 bits per heavy atom. The van der Waals surface area contributed by atoms with Crippen LogP contribution in [0.5, 0.6) is 11.5 Å². The van der Waals surface area contributed by atoms with Gasteiger partial charge in [0.2, 0.25) is 0 Å². The van der Waals surface area contributed by atoms with Gasteiger partial charge in [-0.15, -0.1) is 0 Å². The molecule has 2 fully saturated rings. The second-order valence-corrected chi connectivity index (χ2v) is 11.9. The molecule has 5 nitrogen and oxygen atoms in total. The molecule has 2 bridgehead atoms. The van der Waals surface area contributed by atoms with Crippen molar-refractivity contribution in [3.05, 3.63) is 22.3 Å². The lowest BCUT2D eigenvalue weighted by Crippen LogP contribution is -2.71. The van der Waals surface area contributed by atoms with E-state index in [0.717, 1.165) is 49.3 Å². The molecule has 3 aliphatic carbocycles. The number of methoxy groups -OCH3 is 2. The molecular formula is C27H39NO4. The smallest absolute Gasteiger partial charge is 0.166 e. The highest BCUT2D eigenvalue weighted by Gasteiger charge is 2.70. The quantitative estimate of drug-likeness (QED) is 0.775. The fourth-order valence-electron chi connectivity index (χ4n) is 7.53. The maximum atomic E-state index is 12.0. The van der Waals surface area contributed by atoms with Crippen molar-refractivity contribution in [3.63, 3.8) is 0 Å². The van der Waals surface area contributed by atoms with Crippen LogP contribution in [0, 0.1) is 17.2 Å². The SMILES string of the molecule is [2H][C@@]1(OC)[C@H]([C@](C)(O)C(C)(C)C)C[C@]2([2H])[C@H]3Cc4c5c(c(OC)c6c4[C@@]2(CCN3C)[C@H]1O6)CC5. The highest BCUT2D eigenvalue weighted by Crippen LogP contribution is 2.68. The van der Waals surface area contributed by atoms with E-state index in [9.17, 15) is 7.85 Å². The molecule has 2 heterocycles. The number of nitrogens with zero attached hydrogens (tertiary/aromatic N) is 1. The Kier molecular flexibility index (Phi) is 3.83. The molecule has 1 N–H and O–H groups in total. The minimum atomic E-state index is -1.51. The Morgan fingerprint density at radius 1 is 1.16 bits per heavy atom. The van der Waals surface area contributed by atoms with Crippen molar-refractivity contribution >= 4 is 0 Å². The first-order chi connectivity index (χ1) is 15.8. The van der Waals surface area contributed by atoms with E-state index in [0.29, 0.717) is 6.42 Å². The number of likely N-dealkylation sites (N-methyl/N-ethyl adjacent to an activating group) is 1. The summed E-state index contributed by atoms with van der Waals surface area (Å²) < 4.78 is 38.9. The summed E-state index contributed by atoms with van der Waals surface area (Å²) in [6, 6.07) is 0.00330. The van der Waals surface area contributed by atoms with Crippen LogP contribution in [-0.2, 0) is 29.4 Å². The van der Waals surface area contributed by atoms with E-state index < -0.39 is 40.4 Å². The Hall–Kier alpha value is -1.30. The van der Waals surface area contributed by atoms with Crippen LogP contribution in [0.3, 0.4) is 0 Å². The van der Waals surface area contributed by atoms with Gasteiger partial charge in [-0.25, -0.2) is 0 Å². The van der Waals surface area contributed by atoms with Gasteiger partial charge in [-0.2, -0.15) is 0 Å². The van der Waals surface area contributed by atoms with E-state index in [1.165, 1.54) is 16.7 Å². The van der Waals surface area contributed by atoms with Gasteiger partial charge in [0.1, 0.15) is 12.2 Å². The fourth-order valence-corrected chi connectivity index (χ4v) is 7.53. The van der Waals surface area contributed by atoms with Crippen LogP contribution in [0.25, 0.3) is 0 Å². The number of fused-ring (bicyclic) bond motifs is 2. The van der Waals surface area contributed by atoms with Gasteiger partial charge < -0.3 is 24.2 Å². The zero-order valence-corrected chi connectivity index (χ0v) is 20.6. The van der Waals surface area contributed by atoms with Crippen LogP contribution in [0.15, 0.2) is 0 Å². The molecule has 1 aromatic rings. The Balaban J connectivity index is 1.66. The molecule has 0 unspecified atom stereocenters. The van der Waals surface area contributed by atoms with Gasteiger partial charge in [-0.3, -0.25) is 0 Å². The largest absolute Gasteiger partial charge is 0.493 e.